The van der Waals surface area contributed by atoms with Crippen molar-refractivity contribution in [2.45, 2.75) is 31.7 Å². The summed E-state index contributed by atoms with van der Waals surface area (Å²) in [6.45, 7) is 1.56. The fourth-order valence-electron chi connectivity index (χ4n) is 2.55. The van der Waals surface area contributed by atoms with Crippen molar-refractivity contribution in [1.82, 2.24) is 15.3 Å². The largest absolute Gasteiger partial charge is 0.396 e. The van der Waals surface area contributed by atoms with E-state index in [1.54, 1.807) is 12.3 Å². The molecule has 1 aliphatic heterocycles. The van der Waals surface area contributed by atoms with Crippen LogP contribution >= 0.6 is 0 Å². The van der Waals surface area contributed by atoms with E-state index in [0.29, 0.717) is 18.4 Å². The fraction of sp³-hybridized carbons (Fsp3) is 0.571. The lowest BCUT2D eigenvalue weighted by atomic mass is 10.1. The van der Waals surface area contributed by atoms with Crippen molar-refractivity contribution in [2.24, 2.45) is 0 Å². The molecule has 2 heterocycles. The molecule has 2 rings (SSSR count). The van der Waals surface area contributed by atoms with Gasteiger partial charge in [0, 0.05) is 18.8 Å². The van der Waals surface area contributed by atoms with Gasteiger partial charge in [0.1, 0.15) is 5.82 Å². The summed E-state index contributed by atoms with van der Waals surface area (Å²) in [7, 11) is 0. The summed E-state index contributed by atoms with van der Waals surface area (Å²) in [6.07, 6.45) is 5.66. The number of amides is 1. The molecule has 1 saturated heterocycles. The second kappa shape index (κ2) is 7.81. The molecule has 1 atom stereocenters. The van der Waals surface area contributed by atoms with Crippen LogP contribution in [0.2, 0.25) is 0 Å². The lowest BCUT2D eigenvalue weighted by molar-refractivity contribution is -0.122. The normalized spacial score (nSPS) is 18.9. The van der Waals surface area contributed by atoms with E-state index in [9.17, 15) is 4.79 Å². The average Bonchev–Trinajstić information content (AvgIpc) is 2.91. The number of nitrogens with one attached hydrogen (secondary N) is 2. The Kier molecular flexibility index (Phi) is 5.76. The van der Waals surface area contributed by atoms with Gasteiger partial charge in [0.2, 0.25) is 0 Å². The van der Waals surface area contributed by atoms with Crippen LogP contribution < -0.4 is 10.9 Å². The number of likely N-dealkylation sites (tertiary alicyclic amines) is 1. The summed E-state index contributed by atoms with van der Waals surface area (Å²) in [5.74, 6) is 0.561. The molecule has 1 aromatic heterocycles. The molecular weight excluding hydrogens is 256 g/mol. The monoisotopic (exact) mass is 278 g/mol. The van der Waals surface area contributed by atoms with Crippen LogP contribution in [0.15, 0.2) is 24.4 Å². The number of carbonyl (C=O) groups excluding carboxylic acids is 1. The Bertz CT molecular complexity index is 413. The van der Waals surface area contributed by atoms with Crippen molar-refractivity contribution < 1.29 is 9.90 Å². The van der Waals surface area contributed by atoms with Gasteiger partial charge >= 0.3 is 0 Å². The maximum Gasteiger partial charge on any atom is 0.252 e. The van der Waals surface area contributed by atoms with Crippen LogP contribution in [0, 0.1) is 0 Å². The molecule has 0 saturated carbocycles. The van der Waals surface area contributed by atoms with Gasteiger partial charge in [0.25, 0.3) is 5.91 Å². The van der Waals surface area contributed by atoms with E-state index < -0.39 is 0 Å². The Morgan fingerprint density at radius 1 is 1.50 bits per heavy atom. The molecule has 6 nitrogen and oxygen atoms in total. The molecule has 0 bridgehead atoms. The molecule has 0 aliphatic carbocycles. The summed E-state index contributed by atoms with van der Waals surface area (Å²) >= 11 is 0. The third-order valence-corrected chi connectivity index (χ3v) is 3.54. The molecule has 0 aromatic carbocycles. The number of hydrazine groups is 1. The maximum atomic E-state index is 11.9. The van der Waals surface area contributed by atoms with Gasteiger partial charge in [0.15, 0.2) is 0 Å². The van der Waals surface area contributed by atoms with Crippen molar-refractivity contribution >= 4 is 11.7 Å². The highest BCUT2D eigenvalue weighted by atomic mass is 16.3. The van der Waals surface area contributed by atoms with Crippen LogP contribution in [0.4, 0.5) is 5.82 Å². The third kappa shape index (κ3) is 4.47. The van der Waals surface area contributed by atoms with Crippen LogP contribution in [0.3, 0.4) is 0 Å². The molecule has 110 valence electrons. The first-order valence-corrected chi connectivity index (χ1v) is 7.10. The minimum absolute atomic E-state index is 0.0634. The number of rotatable bonds is 7. The van der Waals surface area contributed by atoms with Crippen LogP contribution in [0.1, 0.15) is 25.7 Å². The van der Waals surface area contributed by atoms with Gasteiger partial charge in [-0.1, -0.05) is 6.07 Å². The highest BCUT2D eigenvalue weighted by Crippen LogP contribution is 2.20. The van der Waals surface area contributed by atoms with Crippen LogP contribution in [-0.2, 0) is 4.79 Å². The van der Waals surface area contributed by atoms with Crippen LogP contribution in [0.25, 0.3) is 0 Å². The lowest BCUT2D eigenvalue weighted by Crippen LogP contribution is -2.41. The van der Waals surface area contributed by atoms with Crippen LogP contribution in [-0.4, -0.2) is 46.6 Å². The molecule has 20 heavy (non-hydrogen) atoms. The number of hydrogen-bond donors (Lipinski definition) is 3. The molecule has 3 N–H and O–H groups in total. The predicted octanol–water partition coefficient (Wildman–Crippen LogP) is 0.762. The zero-order chi connectivity index (χ0) is 14.2. The highest BCUT2D eigenvalue weighted by Gasteiger charge is 2.25. The Hall–Kier alpha value is -1.66. The third-order valence-electron chi connectivity index (χ3n) is 3.54. The quantitative estimate of drug-likeness (QED) is 0.642. The summed E-state index contributed by atoms with van der Waals surface area (Å²) < 4.78 is 0. The Balaban J connectivity index is 1.73. The summed E-state index contributed by atoms with van der Waals surface area (Å²) in [6, 6.07) is 5.89. The molecule has 6 heteroatoms. The van der Waals surface area contributed by atoms with E-state index in [1.165, 1.54) is 0 Å². The first kappa shape index (κ1) is 14.7. The van der Waals surface area contributed by atoms with Gasteiger partial charge < -0.3 is 5.11 Å². The number of aromatic nitrogens is 1. The van der Waals surface area contributed by atoms with E-state index in [2.05, 4.69) is 20.7 Å². The second-order valence-corrected chi connectivity index (χ2v) is 5.02. The van der Waals surface area contributed by atoms with E-state index in [-0.39, 0.29) is 12.5 Å². The van der Waals surface area contributed by atoms with Gasteiger partial charge in [-0.3, -0.25) is 20.5 Å². The van der Waals surface area contributed by atoms with Crippen molar-refractivity contribution in [1.29, 1.82) is 0 Å². The SMILES string of the molecule is O=C(CN1CCCC1CCCO)NNc1ccccn1. The lowest BCUT2D eigenvalue weighted by Gasteiger charge is -2.23. The Morgan fingerprint density at radius 2 is 2.40 bits per heavy atom. The Labute approximate surface area is 119 Å². The molecular formula is C14H22N4O2. The maximum absolute atomic E-state index is 11.9. The standard InChI is InChI=1S/C14H22N4O2/c19-10-4-6-12-5-3-9-18(12)11-14(20)17-16-13-7-1-2-8-15-13/h1-2,7-8,12,19H,3-6,9-11H2,(H,15,16)(H,17,20). The fourth-order valence-corrected chi connectivity index (χ4v) is 2.55. The minimum atomic E-state index is -0.0634. The number of nitrogens with zero attached hydrogens (tertiary/aromatic N) is 2. The smallest absolute Gasteiger partial charge is 0.252 e. The Morgan fingerprint density at radius 3 is 3.15 bits per heavy atom. The highest BCUT2D eigenvalue weighted by molar-refractivity contribution is 5.79. The molecule has 1 aromatic rings. The van der Waals surface area contributed by atoms with E-state index in [1.807, 2.05) is 12.1 Å². The zero-order valence-electron chi connectivity index (χ0n) is 11.6. The van der Waals surface area contributed by atoms with E-state index in [4.69, 9.17) is 5.11 Å². The molecule has 1 aliphatic rings. The van der Waals surface area contributed by atoms with Gasteiger partial charge in [-0.2, -0.15) is 0 Å². The first-order chi connectivity index (χ1) is 9.79. The second-order valence-electron chi connectivity index (χ2n) is 5.02. The van der Waals surface area contributed by atoms with Crippen molar-refractivity contribution in [3.05, 3.63) is 24.4 Å². The molecule has 1 fully saturated rings. The number of aliphatic hydroxyl groups excluding tert-OH is 1. The topological polar surface area (TPSA) is 77.5 Å². The summed E-state index contributed by atoms with van der Waals surface area (Å²) in [4.78, 5) is 18.2. The first-order valence-electron chi connectivity index (χ1n) is 7.10. The van der Waals surface area contributed by atoms with Crippen molar-refractivity contribution in [2.75, 3.05) is 25.1 Å². The summed E-state index contributed by atoms with van der Waals surface area (Å²) in [5, 5.41) is 8.89. The minimum Gasteiger partial charge on any atom is -0.396 e. The van der Waals surface area contributed by atoms with Gasteiger partial charge in [0.05, 0.1) is 6.54 Å². The van der Waals surface area contributed by atoms with Crippen molar-refractivity contribution in [3.63, 3.8) is 0 Å². The average molecular weight is 278 g/mol. The zero-order valence-corrected chi connectivity index (χ0v) is 11.6. The molecule has 0 spiro atoms. The molecule has 0 radical (unpaired) electrons. The van der Waals surface area contributed by atoms with Gasteiger partial charge in [-0.25, -0.2) is 4.98 Å². The number of pyridine rings is 1. The molecule has 1 unspecified atom stereocenters. The number of aliphatic hydroxyl groups is 1. The predicted molar refractivity (Wildman–Crippen MR) is 76.9 cm³/mol. The van der Waals surface area contributed by atoms with Crippen LogP contribution in [0.5, 0.6) is 0 Å². The number of anilines is 1. The number of carbonyl (C=O) groups is 1. The van der Waals surface area contributed by atoms with E-state index >= 15 is 0 Å². The van der Waals surface area contributed by atoms with Gasteiger partial charge in [-0.15, -0.1) is 0 Å². The van der Waals surface area contributed by atoms with Gasteiger partial charge in [-0.05, 0) is 44.4 Å². The summed E-state index contributed by atoms with van der Waals surface area (Å²) in [5.41, 5.74) is 5.46. The van der Waals surface area contributed by atoms with Crippen molar-refractivity contribution in [3.8, 4) is 0 Å². The number of hydrogen-bond acceptors (Lipinski definition) is 5. The molecule has 1 amide bonds. The van der Waals surface area contributed by atoms with E-state index in [0.717, 1.165) is 32.2 Å².